The van der Waals surface area contributed by atoms with Gasteiger partial charge in [-0.3, -0.25) is 4.79 Å². The molecule has 2 nitrogen and oxygen atoms in total. The van der Waals surface area contributed by atoms with Crippen molar-refractivity contribution in [2.75, 3.05) is 6.61 Å². The van der Waals surface area contributed by atoms with Gasteiger partial charge in [-0.1, -0.05) is 36.4 Å². The fourth-order valence-electron chi connectivity index (χ4n) is 2.92. The maximum Gasteiger partial charge on any atom is 0.302 e. The van der Waals surface area contributed by atoms with Crippen LogP contribution in [0.15, 0.2) is 42.0 Å². The van der Waals surface area contributed by atoms with Gasteiger partial charge in [0.25, 0.3) is 0 Å². The van der Waals surface area contributed by atoms with Crippen LogP contribution in [0.2, 0.25) is 0 Å². The van der Waals surface area contributed by atoms with Gasteiger partial charge in [-0.15, -0.1) is 0 Å². The van der Waals surface area contributed by atoms with Gasteiger partial charge in [0.2, 0.25) is 0 Å². The van der Waals surface area contributed by atoms with E-state index >= 15 is 0 Å². The summed E-state index contributed by atoms with van der Waals surface area (Å²) >= 11 is 0. The first-order chi connectivity index (χ1) is 8.77. The first-order valence-corrected chi connectivity index (χ1v) is 6.39. The number of carbonyl (C=O) groups is 1. The lowest BCUT2D eigenvalue weighted by molar-refractivity contribution is -0.141. The predicted molar refractivity (Wildman–Crippen MR) is 71.1 cm³/mol. The fourth-order valence-corrected chi connectivity index (χ4v) is 2.92. The normalized spacial score (nSPS) is 20.6. The maximum absolute atomic E-state index is 11.0. The SMILES string of the molecule is CC(=O)OCC1C2=C(CCC=C2)c2ccccc21. The third-order valence-corrected chi connectivity index (χ3v) is 3.70. The highest BCUT2D eigenvalue weighted by Crippen LogP contribution is 2.46. The fraction of sp³-hybridized carbons (Fsp3) is 0.312. The lowest BCUT2D eigenvalue weighted by Crippen LogP contribution is -2.10. The highest BCUT2D eigenvalue weighted by molar-refractivity contribution is 5.81. The van der Waals surface area contributed by atoms with E-state index in [0.29, 0.717) is 6.61 Å². The molecule has 0 spiro atoms. The zero-order chi connectivity index (χ0) is 12.5. The van der Waals surface area contributed by atoms with Crippen molar-refractivity contribution in [2.45, 2.75) is 25.7 Å². The van der Waals surface area contributed by atoms with E-state index in [4.69, 9.17) is 4.74 Å². The Hall–Kier alpha value is -1.83. The summed E-state index contributed by atoms with van der Waals surface area (Å²) in [6.07, 6.45) is 6.62. The smallest absolute Gasteiger partial charge is 0.302 e. The predicted octanol–water partition coefficient (Wildman–Crippen LogP) is 3.45. The van der Waals surface area contributed by atoms with E-state index in [2.05, 4.69) is 36.4 Å². The number of ether oxygens (including phenoxy) is 1. The number of rotatable bonds is 2. The zero-order valence-electron chi connectivity index (χ0n) is 10.5. The molecule has 0 aliphatic heterocycles. The van der Waals surface area contributed by atoms with E-state index in [-0.39, 0.29) is 11.9 Å². The van der Waals surface area contributed by atoms with Crippen molar-refractivity contribution in [1.29, 1.82) is 0 Å². The minimum absolute atomic E-state index is 0.207. The lowest BCUT2D eigenvalue weighted by Gasteiger charge is -2.15. The third kappa shape index (κ3) is 1.78. The van der Waals surface area contributed by atoms with Gasteiger partial charge in [-0.05, 0) is 35.1 Å². The highest BCUT2D eigenvalue weighted by Gasteiger charge is 2.30. The highest BCUT2D eigenvalue weighted by atomic mass is 16.5. The number of carbonyl (C=O) groups excluding carboxylic acids is 1. The van der Waals surface area contributed by atoms with Crippen LogP contribution in [-0.2, 0) is 9.53 Å². The summed E-state index contributed by atoms with van der Waals surface area (Å²) in [7, 11) is 0. The van der Waals surface area contributed by atoms with Gasteiger partial charge < -0.3 is 4.74 Å². The number of esters is 1. The molecule has 1 aromatic rings. The summed E-state index contributed by atoms with van der Waals surface area (Å²) in [5, 5.41) is 0. The summed E-state index contributed by atoms with van der Waals surface area (Å²) < 4.78 is 5.22. The monoisotopic (exact) mass is 240 g/mol. The average molecular weight is 240 g/mol. The molecule has 1 aromatic carbocycles. The van der Waals surface area contributed by atoms with Crippen LogP contribution in [0.3, 0.4) is 0 Å². The summed E-state index contributed by atoms with van der Waals surface area (Å²) in [6.45, 7) is 1.92. The molecule has 0 fully saturated rings. The second-order valence-corrected chi connectivity index (χ2v) is 4.82. The molecule has 0 bridgehead atoms. The standard InChI is InChI=1S/C16H16O2/c1-11(17)18-10-16-14-8-4-2-6-12(14)13-7-3-5-9-15(13)16/h2,4-6,8-9,16H,3,7,10H2,1H3. The van der Waals surface area contributed by atoms with Gasteiger partial charge in [-0.2, -0.15) is 0 Å². The molecule has 1 atom stereocenters. The molecular weight excluding hydrogens is 224 g/mol. The topological polar surface area (TPSA) is 26.3 Å². The Kier molecular flexibility index (Phi) is 2.78. The van der Waals surface area contributed by atoms with Crippen LogP contribution < -0.4 is 0 Å². The van der Waals surface area contributed by atoms with Gasteiger partial charge in [0.1, 0.15) is 6.61 Å². The molecule has 18 heavy (non-hydrogen) atoms. The quantitative estimate of drug-likeness (QED) is 0.740. The Bertz CT molecular complexity index is 552. The van der Waals surface area contributed by atoms with Crippen LogP contribution in [0.25, 0.3) is 5.57 Å². The number of benzene rings is 1. The van der Waals surface area contributed by atoms with Gasteiger partial charge in [0.15, 0.2) is 0 Å². The third-order valence-electron chi connectivity index (χ3n) is 3.70. The Labute approximate surface area is 107 Å². The average Bonchev–Trinajstić information content (AvgIpc) is 2.71. The van der Waals surface area contributed by atoms with Crippen LogP contribution in [0.5, 0.6) is 0 Å². The number of hydrogen-bond donors (Lipinski definition) is 0. The molecule has 0 aromatic heterocycles. The Morgan fingerprint density at radius 2 is 2.22 bits per heavy atom. The van der Waals surface area contributed by atoms with Crippen LogP contribution in [-0.4, -0.2) is 12.6 Å². The number of fused-ring (bicyclic) bond motifs is 2. The van der Waals surface area contributed by atoms with Gasteiger partial charge >= 0.3 is 5.97 Å². The largest absolute Gasteiger partial charge is 0.465 e. The molecule has 2 aliphatic rings. The Morgan fingerprint density at radius 3 is 3.06 bits per heavy atom. The van der Waals surface area contributed by atoms with Crippen LogP contribution in [0.1, 0.15) is 36.8 Å². The van der Waals surface area contributed by atoms with Crippen LogP contribution in [0, 0.1) is 0 Å². The van der Waals surface area contributed by atoms with E-state index in [9.17, 15) is 4.79 Å². The lowest BCUT2D eigenvalue weighted by atomic mass is 9.93. The summed E-state index contributed by atoms with van der Waals surface area (Å²) in [5.41, 5.74) is 5.42. The van der Waals surface area contributed by atoms with Crippen molar-refractivity contribution in [3.05, 3.63) is 53.1 Å². The van der Waals surface area contributed by atoms with Crippen molar-refractivity contribution >= 4 is 11.5 Å². The van der Waals surface area contributed by atoms with Crippen molar-refractivity contribution in [2.24, 2.45) is 0 Å². The molecule has 0 N–H and O–H groups in total. The first kappa shape index (κ1) is 11.3. The van der Waals surface area contributed by atoms with E-state index in [1.165, 1.54) is 29.2 Å². The van der Waals surface area contributed by atoms with Gasteiger partial charge in [-0.25, -0.2) is 0 Å². The molecule has 92 valence electrons. The minimum Gasteiger partial charge on any atom is -0.465 e. The molecule has 0 saturated carbocycles. The van der Waals surface area contributed by atoms with Crippen LogP contribution in [0.4, 0.5) is 0 Å². The van der Waals surface area contributed by atoms with E-state index < -0.39 is 0 Å². The Balaban J connectivity index is 1.99. The second kappa shape index (κ2) is 4.45. The molecule has 3 rings (SSSR count). The molecular formula is C16H16O2. The number of allylic oxidation sites excluding steroid dienone is 3. The summed E-state index contributed by atoms with van der Waals surface area (Å²) in [6, 6.07) is 8.46. The van der Waals surface area contributed by atoms with Crippen molar-refractivity contribution in [1.82, 2.24) is 0 Å². The van der Waals surface area contributed by atoms with Crippen molar-refractivity contribution in [3.63, 3.8) is 0 Å². The molecule has 2 heteroatoms. The molecule has 0 radical (unpaired) electrons. The van der Waals surface area contributed by atoms with Crippen LogP contribution >= 0.6 is 0 Å². The molecule has 0 saturated heterocycles. The van der Waals surface area contributed by atoms with E-state index in [1.54, 1.807) is 0 Å². The molecule has 1 unspecified atom stereocenters. The Morgan fingerprint density at radius 1 is 1.39 bits per heavy atom. The number of hydrogen-bond acceptors (Lipinski definition) is 2. The maximum atomic E-state index is 11.0. The van der Waals surface area contributed by atoms with Crippen molar-refractivity contribution in [3.8, 4) is 0 Å². The summed E-state index contributed by atoms with van der Waals surface area (Å²) in [5.74, 6) is 0.0120. The minimum atomic E-state index is -0.207. The molecule has 0 heterocycles. The van der Waals surface area contributed by atoms with E-state index in [1.807, 2.05) is 0 Å². The first-order valence-electron chi connectivity index (χ1n) is 6.39. The van der Waals surface area contributed by atoms with Gasteiger partial charge in [0.05, 0.1) is 0 Å². The molecule has 0 amide bonds. The van der Waals surface area contributed by atoms with E-state index in [0.717, 1.165) is 12.8 Å². The summed E-state index contributed by atoms with van der Waals surface area (Å²) in [4.78, 5) is 11.0. The van der Waals surface area contributed by atoms with Gasteiger partial charge in [0, 0.05) is 12.8 Å². The second-order valence-electron chi connectivity index (χ2n) is 4.82. The van der Waals surface area contributed by atoms with Crippen molar-refractivity contribution < 1.29 is 9.53 Å². The zero-order valence-corrected chi connectivity index (χ0v) is 10.5. The molecule has 2 aliphatic carbocycles.